The molecule has 1 aromatic rings. The largest absolute Gasteiger partial charge is 0.387 e. The molecule has 0 radical (unpaired) electrons. The average molecular weight is 291 g/mol. The van der Waals surface area contributed by atoms with Crippen LogP contribution in [0.25, 0.3) is 0 Å². The van der Waals surface area contributed by atoms with E-state index >= 15 is 0 Å². The Morgan fingerprint density at radius 2 is 2.00 bits per heavy atom. The zero-order valence-corrected chi connectivity index (χ0v) is 11.9. The minimum atomic E-state index is -0.521. The van der Waals surface area contributed by atoms with E-state index in [0.717, 1.165) is 5.56 Å². The first kappa shape index (κ1) is 13.5. The van der Waals surface area contributed by atoms with E-state index in [9.17, 15) is 5.11 Å². The zero-order valence-electron chi connectivity index (χ0n) is 9.53. The number of hydrogen-bond acceptors (Lipinski definition) is 2. The molecule has 0 heterocycles. The van der Waals surface area contributed by atoms with E-state index in [1.165, 1.54) is 25.7 Å². The second-order valence-corrected chi connectivity index (χ2v) is 6.52. The molecule has 0 bridgehead atoms. The SMILES string of the molecule is OC(CSC1CCCC1)c1cccc(Cl)c1Cl. The van der Waals surface area contributed by atoms with Crippen LogP contribution in [0.1, 0.15) is 37.4 Å². The van der Waals surface area contributed by atoms with E-state index in [2.05, 4.69) is 0 Å². The number of rotatable bonds is 4. The van der Waals surface area contributed by atoms with Gasteiger partial charge in [-0.25, -0.2) is 0 Å². The summed E-state index contributed by atoms with van der Waals surface area (Å²) in [6, 6.07) is 5.41. The Hall–Kier alpha value is 0.110. The molecular formula is C13H16Cl2OS. The highest BCUT2D eigenvalue weighted by Gasteiger charge is 2.19. The first-order valence-corrected chi connectivity index (χ1v) is 7.72. The second-order valence-electron chi connectivity index (χ2n) is 4.40. The maximum absolute atomic E-state index is 10.1. The molecule has 0 spiro atoms. The van der Waals surface area contributed by atoms with Crippen LogP contribution in [0.2, 0.25) is 10.0 Å². The van der Waals surface area contributed by atoms with Gasteiger partial charge in [0, 0.05) is 16.6 Å². The van der Waals surface area contributed by atoms with Crippen LogP contribution in [-0.4, -0.2) is 16.1 Å². The molecule has 0 aromatic heterocycles. The first-order chi connectivity index (χ1) is 8.18. The predicted molar refractivity (Wildman–Crippen MR) is 76.1 cm³/mol. The lowest BCUT2D eigenvalue weighted by molar-refractivity contribution is 0.204. The van der Waals surface area contributed by atoms with Crippen molar-refractivity contribution in [3.8, 4) is 0 Å². The molecule has 1 aliphatic carbocycles. The van der Waals surface area contributed by atoms with Crippen LogP contribution in [0.15, 0.2) is 18.2 Å². The van der Waals surface area contributed by atoms with Gasteiger partial charge in [0.2, 0.25) is 0 Å². The van der Waals surface area contributed by atoms with Gasteiger partial charge in [0.05, 0.1) is 16.1 Å². The Morgan fingerprint density at radius 3 is 2.71 bits per heavy atom. The van der Waals surface area contributed by atoms with Crippen molar-refractivity contribution in [2.24, 2.45) is 0 Å². The van der Waals surface area contributed by atoms with Crippen LogP contribution in [0.4, 0.5) is 0 Å². The number of hydrogen-bond donors (Lipinski definition) is 1. The average Bonchev–Trinajstić information content (AvgIpc) is 2.82. The summed E-state index contributed by atoms with van der Waals surface area (Å²) in [6.45, 7) is 0. The summed E-state index contributed by atoms with van der Waals surface area (Å²) in [4.78, 5) is 0. The molecule has 1 aliphatic rings. The lowest BCUT2D eigenvalue weighted by Gasteiger charge is -2.15. The first-order valence-electron chi connectivity index (χ1n) is 5.92. The maximum Gasteiger partial charge on any atom is 0.0895 e. The van der Waals surface area contributed by atoms with Gasteiger partial charge in [-0.15, -0.1) is 0 Å². The highest BCUT2D eigenvalue weighted by atomic mass is 35.5. The Kier molecular flexibility index (Phi) is 5.04. The van der Waals surface area contributed by atoms with Gasteiger partial charge in [-0.2, -0.15) is 11.8 Å². The molecule has 1 saturated carbocycles. The lowest BCUT2D eigenvalue weighted by atomic mass is 10.1. The van der Waals surface area contributed by atoms with Crippen LogP contribution < -0.4 is 0 Å². The number of benzene rings is 1. The van der Waals surface area contributed by atoms with Gasteiger partial charge in [0.25, 0.3) is 0 Å². The van der Waals surface area contributed by atoms with Crippen molar-refractivity contribution in [1.29, 1.82) is 0 Å². The summed E-state index contributed by atoms with van der Waals surface area (Å²) in [6.07, 6.45) is 4.69. The monoisotopic (exact) mass is 290 g/mol. The molecule has 94 valence electrons. The van der Waals surface area contributed by atoms with Crippen LogP contribution in [0, 0.1) is 0 Å². The Balaban J connectivity index is 1.94. The smallest absolute Gasteiger partial charge is 0.0895 e. The van der Waals surface area contributed by atoms with Crippen molar-refractivity contribution < 1.29 is 5.11 Å². The minimum absolute atomic E-state index is 0.480. The third-order valence-corrected chi connectivity index (χ3v) is 5.42. The summed E-state index contributed by atoms with van der Waals surface area (Å²) in [7, 11) is 0. The van der Waals surface area contributed by atoms with Crippen LogP contribution in [0.5, 0.6) is 0 Å². The van der Waals surface area contributed by atoms with Gasteiger partial charge in [-0.05, 0) is 18.9 Å². The Labute approximate surface area is 117 Å². The number of aliphatic hydroxyl groups excluding tert-OH is 1. The van der Waals surface area contributed by atoms with Crippen LogP contribution in [0.3, 0.4) is 0 Å². The maximum atomic E-state index is 10.1. The Bertz CT molecular complexity index is 378. The summed E-state index contributed by atoms with van der Waals surface area (Å²) in [5.41, 5.74) is 0.740. The van der Waals surface area contributed by atoms with E-state index in [0.29, 0.717) is 21.0 Å². The number of aliphatic hydroxyl groups is 1. The van der Waals surface area contributed by atoms with Crippen LogP contribution in [-0.2, 0) is 0 Å². The van der Waals surface area contributed by atoms with Crippen LogP contribution >= 0.6 is 35.0 Å². The van der Waals surface area contributed by atoms with Gasteiger partial charge < -0.3 is 5.11 Å². The molecule has 17 heavy (non-hydrogen) atoms. The molecule has 1 unspecified atom stereocenters. The Morgan fingerprint density at radius 1 is 1.29 bits per heavy atom. The molecule has 0 saturated heterocycles. The van der Waals surface area contributed by atoms with Crippen molar-refractivity contribution >= 4 is 35.0 Å². The highest BCUT2D eigenvalue weighted by Crippen LogP contribution is 2.35. The second kappa shape index (κ2) is 6.33. The summed E-state index contributed by atoms with van der Waals surface area (Å²) in [5.74, 6) is 0.699. The number of thioether (sulfide) groups is 1. The molecule has 1 nitrogen and oxygen atoms in total. The fourth-order valence-corrected chi connectivity index (χ4v) is 3.88. The third-order valence-electron chi connectivity index (χ3n) is 3.13. The highest BCUT2D eigenvalue weighted by molar-refractivity contribution is 7.99. The van der Waals surface area contributed by atoms with Crippen molar-refractivity contribution in [2.75, 3.05) is 5.75 Å². The minimum Gasteiger partial charge on any atom is -0.387 e. The molecule has 1 N–H and O–H groups in total. The molecule has 0 amide bonds. The molecule has 1 fully saturated rings. The normalized spacial score (nSPS) is 18.5. The van der Waals surface area contributed by atoms with Crippen molar-refractivity contribution in [2.45, 2.75) is 37.0 Å². The standard InChI is InChI=1S/C13H16Cl2OS/c14-11-7-3-6-10(13(11)15)12(16)8-17-9-4-1-2-5-9/h3,6-7,9,12,16H,1-2,4-5,8H2. The third kappa shape index (κ3) is 3.54. The quantitative estimate of drug-likeness (QED) is 0.867. The van der Waals surface area contributed by atoms with Gasteiger partial charge in [0.15, 0.2) is 0 Å². The fourth-order valence-electron chi connectivity index (χ4n) is 2.15. The van der Waals surface area contributed by atoms with Crippen molar-refractivity contribution in [3.63, 3.8) is 0 Å². The van der Waals surface area contributed by atoms with E-state index in [1.807, 2.05) is 23.9 Å². The van der Waals surface area contributed by atoms with Gasteiger partial charge in [-0.3, -0.25) is 0 Å². The molecule has 2 rings (SSSR count). The van der Waals surface area contributed by atoms with Crippen molar-refractivity contribution in [1.82, 2.24) is 0 Å². The molecular weight excluding hydrogens is 275 g/mol. The fraction of sp³-hybridized carbons (Fsp3) is 0.538. The molecule has 0 aliphatic heterocycles. The topological polar surface area (TPSA) is 20.2 Å². The summed E-state index contributed by atoms with van der Waals surface area (Å²) >= 11 is 13.9. The lowest BCUT2D eigenvalue weighted by Crippen LogP contribution is -2.05. The van der Waals surface area contributed by atoms with E-state index < -0.39 is 6.10 Å². The molecule has 1 aromatic carbocycles. The number of halogens is 2. The van der Waals surface area contributed by atoms with Gasteiger partial charge in [0.1, 0.15) is 0 Å². The van der Waals surface area contributed by atoms with E-state index in [-0.39, 0.29) is 0 Å². The van der Waals surface area contributed by atoms with Crippen molar-refractivity contribution in [3.05, 3.63) is 33.8 Å². The predicted octanol–water partition coefficient (Wildman–Crippen LogP) is 4.70. The summed E-state index contributed by atoms with van der Waals surface area (Å²) < 4.78 is 0. The van der Waals surface area contributed by atoms with Gasteiger partial charge in [-0.1, -0.05) is 48.2 Å². The van der Waals surface area contributed by atoms with E-state index in [1.54, 1.807) is 6.07 Å². The summed E-state index contributed by atoms with van der Waals surface area (Å²) in [5, 5.41) is 11.8. The van der Waals surface area contributed by atoms with Gasteiger partial charge >= 0.3 is 0 Å². The zero-order chi connectivity index (χ0) is 12.3. The van der Waals surface area contributed by atoms with E-state index in [4.69, 9.17) is 23.2 Å². The molecule has 4 heteroatoms. The molecule has 1 atom stereocenters.